The Morgan fingerprint density at radius 1 is 1.78 bits per heavy atom. The highest BCUT2D eigenvalue weighted by Crippen LogP contribution is 2.41. The van der Waals surface area contributed by atoms with Crippen molar-refractivity contribution in [1.29, 1.82) is 0 Å². The Morgan fingerprint density at radius 2 is 2.44 bits per heavy atom. The van der Waals surface area contributed by atoms with E-state index < -0.39 is 5.97 Å². The zero-order chi connectivity index (χ0) is 6.85. The number of carboxylic acids is 1. The van der Waals surface area contributed by atoms with Gasteiger partial charge in [-0.1, -0.05) is 15.9 Å². The molecule has 0 amide bonds. The minimum Gasteiger partial charge on any atom is -0.481 e. The number of carboxylic acid groups (broad SMARTS) is 1. The molecule has 52 valence electrons. The summed E-state index contributed by atoms with van der Waals surface area (Å²) >= 11 is 3.27. The molecule has 0 heterocycles. The predicted molar refractivity (Wildman–Crippen MR) is 37.6 cm³/mol. The lowest BCUT2D eigenvalue weighted by Crippen LogP contribution is -1.99. The van der Waals surface area contributed by atoms with Crippen LogP contribution in [-0.2, 0) is 4.79 Å². The molecule has 1 saturated carbocycles. The quantitative estimate of drug-likeness (QED) is 0.689. The van der Waals surface area contributed by atoms with Crippen molar-refractivity contribution in [2.45, 2.75) is 12.8 Å². The minimum atomic E-state index is -0.624. The van der Waals surface area contributed by atoms with Crippen molar-refractivity contribution in [3.8, 4) is 0 Å². The largest absolute Gasteiger partial charge is 0.481 e. The fourth-order valence-electron chi connectivity index (χ4n) is 1.01. The highest BCUT2D eigenvalue weighted by molar-refractivity contribution is 9.09. The summed E-state index contributed by atoms with van der Waals surface area (Å²) in [6, 6.07) is 0. The molecular formula is C6H9BrO2. The zero-order valence-corrected chi connectivity index (χ0v) is 6.60. The van der Waals surface area contributed by atoms with Gasteiger partial charge < -0.3 is 5.11 Å². The maximum atomic E-state index is 10.2. The third-order valence-corrected chi connectivity index (χ3v) is 2.18. The highest BCUT2D eigenvalue weighted by atomic mass is 79.9. The number of aliphatic carboxylic acids is 1. The number of hydrogen-bond acceptors (Lipinski definition) is 1. The van der Waals surface area contributed by atoms with E-state index in [1.54, 1.807) is 0 Å². The minimum absolute atomic E-state index is 0.0254. The molecule has 3 heteroatoms. The van der Waals surface area contributed by atoms with Crippen LogP contribution >= 0.6 is 15.9 Å². The summed E-state index contributed by atoms with van der Waals surface area (Å²) in [4.78, 5) is 10.2. The lowest BCUT2D eigenvalue weighted by Gasteiger charge is -1.88. The molecule has 1 N–H and O–H groups in total. The second kappa shape index (κ2) is 2.69. The summed E-state index contributed by atoms with van der Waals surface area (Å²) in [6.07, 6.45) is 1.90. The topological polar surface area (TPSA) is 37.3 Å². The summed E-state index contributed by atoms with van der Waals surface area (Å²) in [5, 5.41) is 9.37. The van der Waals surface area contributed by atoms with Crippen LogP contribution in [0.4, 0.5) is 0 Å². The van der Waals surface area contributed by atoms with E-state index in [0.29, 0.717) is 5.92 Å². The Morgan fingerprint density at radius 3 is 2.78 bits per heavy atom. The Bertz CT molecular complexity index is 124. The first-order chi connectivity index (χ1) is 4.25. The fraction of sp³-hybridized carbons (Fsp3) is 0.833. The van der Waals surface area contributed by atoms with Crippen LogP contribution in [0.2, 0.25) is 0 Å². The molecule has 0 aliphatic heterocycles. The van der Waals surface area contributed by atoms with Crippen molar-refractivity contribution in [3.05, 3.63) is 0 Å². The first-order valence-electron chi connectivity index (χ1n) is 3.04. The molecule has 0 aromatic heterocycles. The molecule has 2 nitrogen and oxygen atoms in total. The van der Waals surface area contributed by atoms with Gasteiger partial charge in [0.2, 0.25) is 0 Å². The molecule has 1 fully saturated rings. The Balaban J connectivity index is 2.17. The van der Waals surface area contributed by atoms with Gasteiger partial charge in [0.25, 0.3) is 0 Å². The van der Waals surface area contributed by atoms with Gasteiger partial charge in [-0.3, -0.25) is 4.79 Å². The second-order valence-corrected chi connectivity index (χ2v) is 3.21. The molecule has 1 aliphatic rings. The number of alkyl halides is 1. The number of halogens is 1. The lowest BCUT2D eigenvalue weighted by molar-refractivity contribution is -0.138. The van der Waals surface area contributed by atoms with Gasteiger partial charge in [0, 0.05) is 5.33 Å². The second-order valence-electron chi connectivity index (χ2n) is 2.42. The zero-order valence-electron chi connectivity index (χ0n) is 5.01. The van der Waals surface area contributed by atoms with Gasteiger partial charge in [-0.05, 0) is 18.8 Å². The SMILES string of the molecule is O=C(O)[C@@H]1C[C@H]1CCBr. The smallest absolute Gasteiger partial charge is 0.306 e. The number of hydrogen-bond donors (Lipinski definition) is 1. The van der Waals surface area contributed by atoms with Crippen LogP contribution < -0.4 is 0 Å². The van der Waals surface area contributed by atoms with Gasteiger partial charge in [-0.2, -0.15) is 0 Å². The number of rotatable bonds is 3. The van der Waals surface area contributed by atoms with Crippen LogP contribution in [0.5, 0.6) is 0 Å². The molecule has 2 atom stereocenters. The Hall–Kier alpha value is -0.0500. The summed E-state index contributed by atoms with van der Waals surface area (Å²) in [5.74, 6) is -0.189. The van der Waals surface area contributed by atoms with Crippen LogP contribution in [0, 0.1) is 11.8 Å². The van der Waals surface area contributed by atoms with Crippen LogP contribution in [0.1, 0.15) is 12.8 Å². The van der Waals surface area contributed by atoms with Crippen molar-refractivity contribution in [3.63, 3.8) is 0 Å². The molecule has 0 radical (unpaired) electrons. The van der Waals surface area contributed by atoms with E-state index in [2.05, 4.69) is 15.9 Å². The molecule has 1 rings (SSSR count). The van der Waals surface area contributed by atoms with Crippen molar-refractivity contribution in [2.24, 2.45) is 11.8 Å². The average molecular weight is 193 g/mol. The summed E-state index contributed by atoms with van der Waals surface area (Å²) in [5.41, 5.74) is 0. The molecule has 9 heavy (non-hydrogen) atoms. The van der Waals surface area contributed by atoms with Crippen molar-refractivity contribution in [2.75, 3.05) is 5.33 Å². The maximum Gasteiger partial charge on any atom is 0.306 e. The van der Waals surface area contributed by atoms with Crippen LogP contribution in [-0.4, -0.2) is 16.4 Å². The molecule has 0 aromatic rings. The third-order valence-electron chi connectivity index (χ3n) is 1.72. The summed E-state index contributed by atoms with van der Waals surface area (Å²) in [7, 11) is 0. The molecular weight excluding hydrogens is 184 g/mol. The monoisotopic (exact) mass is 192 g/mol. The van der Waals surface area contributed by atoms with Gasteiger partial charge in [0.1, 0.15) is 0 Å². The molecule has 0 saturated heterocycles. The van der Waals surface area contributed by atoms with Gasteiger partial charge in [-0.25, -0.2) is 0 Å². The van der Waals surface area contributed by atoms with E-state index in [4.69, 9.17) is 5.11 Å². The van der Waals surface area contributed by atoms with E-state index in [0.717, 1.165) is 18.2 Å². The summed E-state index contributed by atoms with van der Waals surface area (Å²) < 4.78 is 0. The normalized spacial score (nSPS) is 32.1. The molecule has 0 bridgehead atoms. The predicted octanol–water partition coefficient (Wildman–Crippen LogP) is 1.49. The van der Waals surface area contributed by atoms with Crippen LogP contribution in [0.15, 0.2) is 0 Å². The van der Waals surface area contributed by atoms with E-state index in [-0.39, 0.29) is 5.92 Å². The first-order valence-corrected chi connectivity index (χ1v) is 4.16. The first kappa shape index (κ1) is 7.06. The maximum absolute atomic E-state index is 10.2. The van der Waals surface area contributed by atoms with E-state index in [9.17, 15) is 4.79 Å². The van der Waals surface area contributed by atoms with Crippen LogP contribution in [0.3, 0.4) is 0 Å². The van der Waals surface area contributed by atoms with Crippen molar-refractivity contribution < 1.29 is 9.90 Å². The molecule has 0 unspecified atom stereocenters. The lowest BCUT2D eigenvalue weighted by atomic mass is 10.2. The van der Waals surface area contributed by atoms with E-state index in [1.165, 1.54) is 0 Å². The van der Waals surface area contributed by atoms with E-state index >= 15 is 0 Å². The van der Waals surface area contributed by atoms with Crippen molar-refractivity contribution >= 4 is 21.9 Å². The number of carbonyl (C=O) groups is 1. The fourth-order valence-corrected chi connectivity index (χ4v) is 1.60. The Labute approximate surface area is 62.4 Å². The summed E-state index contributed by atoms with van der Waals surface area (Å²) in [6.45, 7) is 0. The van der Waals surface area contributed by atoms with Crippen LogP contribution in [0.25, 0.3) is 0 Å². The van der Waals surface area contributed by atoms with Gasteiger partial charge in [-0.15, -0.1) is 0 Å². The molecule has 0 spiro atoms. The average Bonchev–Trinajstić information content (AvgIpc) is 2.47. The van der Waals surface area contributed by atoms with Gasteiger partial charge in [0.15, 0.2) is 0 Å². The standard InChI is InChI=1S/C6H9BrO2/c7-2-1-4-3-5(4)6(8)9/h4-5H,1-3H2,(H,8,9)/t4-,5-/m1/s1. The third kappa shape index (κ3) is 1.68. The Kier molecular flexibility index (Phi) is 2.11. The molecule has 0 aromatic carbocycles. The van der Waals surface area contributed by atoms with Gasteiger partial charge in [0.05, 0.1) is 5.92 Å². The van der Waals surface area contributed by atoms with Crippen molar-refractivity contribution in [1.82, 2.24) is 0 Å². The molecule has 1 aliphatic carbocycles. The van der Waals surface area contributed by atoms with E-state index in [1.807, 2.05) is 0 Å². The highest BCUT2D eigenvalue weighted by Gasteiger charge is 2.41. The van der Waals surface area contributed by atoms with Gasteiger partial charge >= 0.3 is 5.97 Å².